The SMILES string of the molecule is Nc1cccc2c1C2. The smallest absolute Gasteiger partial charge is 0.0352 e. The molecule has 40 valence electrons. The van der Waals surface area contributed by atoms with E-state index in [2.05, 4.69) is 6.07 Å². The van der Waals surface area contributed by atoms with Crippen molar-refractivity contribution in [1.82, 2.24) is 0 Å². The number of nitrogens with two attached hydrogens (primary N) is 1. The minimum Gasteiger partial charge on any atom is -0.398 e. The minimum absolute atomic E-state index is 0.961. The second-order valence-electron chi connectivity index (χ2n) is 2.16. The van der Waals surface area contributed by atoms with Crippen LogP contribution in [0, 0.1) is 0 Å². The number of rotatable bonds is 0. The van der Waals surface area contributed by atoms with E-state index in [0.29, 0.717) is 0 Å². The molecule has 8 heavy (non-hydrogen) atoms. The molecule has 0 amide bonds. The number of hydrogen-bond donors (Lipinski definition) is 1. The highest BCUT2D eigenvalue weighted by atomic mass is 14.6. The second kappa shape index (κ2) is 1.05. The van der Waals surface area contributed by atoms with Crippen molar-refractivity contribution in [2.75, 3.05) is 5.73 Å². The average molecular weight is 105 g/mol. The summed E-state index contributed by atoms with van der Waals surface area (Å²) in [6.07, 6.45) is 1.12. The van der Waals surface area contributed by atoms with Crippen LogP contribution in [-0.2, 0) is 6.42 Å². The van der Waals surface area contributed by atoms with E-state index in [-0.39, 0.29) is 0 Å². The molecular weight excluding hydrogens is 98.1 g/mol. The Kier molecular flexibility index (Phi) is 0.519. The third-order valence-corrected chi connectivity index (χ3v) is 1.55. The monoisotopic (exact) mass is 105 g/mol. The van der Waals surface area contributed by atoms with Gasteiger partial charge in [-0.1, -0.05) is 12.1 Å². The fourth-order valence-electron chi connectivity index (χ4n) is 0.962. The van der Waals surface area contributed by atoms with E-state index >= 15 is 0 Å². The summed E-state index contributed by atoms with van der Waals surface area (Å²) in [6.45, 7) is 0. The van der Waals surface area contributed by atoms with Crippen molar-refractivity contribution in [1.29, 1.82) is 0 Å². The van der Waals surface area contributed by atoms with Crippen LogP contribution in [-0.4, -0.2) is 0 Å². The Hall–Kier alpha value is -0.980. The summed E-state index contributed by atoms with van der Waals surface area (Å²) in [5.41, 5.74) is 9.31. The van der Waals surface area contributed by atoms with Crippen molar-refractivity contribution >= 4 is 5.69 Å². The molecular formula is C7H7N. The van der Waals surface area contributed by atoms with Crippen LogP contribution in [0.3, 0.4) is 0 Å². The predicted octanol–water partition coefficient (Wildman–Crippen LogP) is 1.17. The van der Waals surface area contributed by atoms with Gasteiger partial charge in [0, 0.05) is 12.1 Å². The highest BCUT2D eigenvalue weighted by molar-refractivity contribution is 5.61. The molecule has 0 spiro atoms. The van der Waals surface area contributed by atoms with Gasteiger partial charge in [0.1, 0.15) is 0 Å². The molecule has 1 aliphatic rings. The predicted molar refractivity (Wildman–Crippen MR) is 33.7 cm³/mol. The molecule has 1 aromatic carbocycles. The minimum atomic E-state index is 0.961. The molecule has 0 saturated carbocycles. The highest BCUT2D eigenvalue weighted by Crippen LogP contribution is 2.32. The Morgan fingerprint density at radius 3 is 2.88 bits per heavy atom. The van der Waals surface area contributed by atoms with Crippen LogP contribution in [0.15, 0.2) is 18.2 Å². The Morgan fingerprint density at radius 1 is 1.38 bits per heavy atom. The van der Waals surface area contributed by atoms with E-state index in [1.807, 2.05) is 12.1 Å². The lowest BCUT2D eigenvalue weighted by molar-refractivity contribution is 1.60. The summed E-state index contributed by atoms with van der Waals surface area (Å²) in [5, 5.41) is 0. The van der Waals surface area contributed by atoms with Crippen LogP contribution in [0.25, 0.3) is 0 Å². The summed E-state index contributed by atoms with van der Waals surface area (Å²) in [6, 6.07) is 6.07. The normalized spacial score (nSPS) is 13.0. The van der Waals surface area contributed by atoms with Crippen LogP contribution in [0.4, 0.5) is 5.69 Å². The van der Waals surface area contributed by atoms with Crippen molar-refractivity contribution in [3.8, 4) is 0 Å². The molecule has 2 N–H and O–H groups in total. The Labute approximate surface area is 48.1 Å². The molecule has 0 bridgehead atoms. The maximum Gasteiger partial charge on any atom is 0.0352 e. The van der Waals surface area contributed by atoms with Gasteiger partial charge in [-0.25, -0.2) is 0 Å². The van der Waals surface area contributed by atoms with Gasteiger partial charge in [0.2, 0.25) is 0 Å². The molecule has 1 aliphatic carbocycles. The average Bonchev–Trinajstić information content (AvgIpc) is 2.45. The first-order valence-corrected chi connectivity index (χ1v) is 2.74. The summed E-state index contributed by atoms with van der Waals surface area (Å²) >= 11 is 0. The van der Waals surface area contributed by atoms with Crippen molar-refractivity contribution < 1.29 is 0 Å². The van der Waals surface area contributed by atoms with Crippen molar-refractivity contribution in [2.45, 2.75) is 6.42 Å². The number of anilines is 1. The van der Waals surface area contributed by atoms with Gasteiger partial charge in [-0.3, -0.25) is 0 Å². The zero-order chi connectivity index (χ0) is 5.56. The lowest BCUT2D eigenvalue weighted by Gasteiger charge is -1.83. The van der Waals surface area contributed by atoms with Gasteiger partial charge >= 0.3 is 0 Å². The zero-order valence-electron chi connectivity index (χ0n) is 4.52. The van der Waals surface area contributed by atoms with Gasteiger partial charge in [-0.05, 0) is 17.2 Å². The highest BCUT2D eigenvalue weighted by Gasteiger charge is 2.17. The molecule has 1 heteroatoms. The van der Waals surface area contributed by atoms with Gasteiger partial charge < -0.3 is 5.73 Å². The molecule has 1 aromatic rings. The summed E-state index contributed by atoms with van der Waals surface area (Å²) < 4.78 is 0. The molecule has 1 nitrogen and oxygen atoms in total. The van der Waals surface area contributed by atoms with E-state index in [0.717, 1.165) is 12.1 Å². The molecule has 0 radical (unpaired) electrons. The van der Waals surface area contributed by atoms with Crippen LogP contribution < -0.4 is 5.73 Å². The second-order valence-corrected chi connectivity index (χ2v) is 2.16. The molecule has 0 heterocycles. The largest absolute Gasteiger partial charge is 0.398 e. The first-order chi connectivity index (χ1) is 3.88. The Balaban J connectivity index is 2.70. The molecule has 0 aromatic heterocycles. The first kappa shape index (κ1) is 3.96. The third kappa shape index (κ3) is 0.360. The van der Waals surface area contributed by atoms with Crippen molar-refractivity contribution in [3.05, 3.63) is 29.3 Å². The zero-order valence-corrected chi connectivity index (χ0v) is 4.52. The van der Waals surface area contributed by atoms with Gasteiger partial charge in [-0.15, -0.1) is 0 Å². The lowest BCUT2D eigenvalue weighted by Crippen LogP contribution is -1.80. The van der Waals surface area contributed by atoms with Gasteiger partial charge in [-0.2, -0.15) is 0 Å². The van der Waals surface area contributed by atoms with Crippen LogP contribution >= 0.6 is 0 Å². The number of nitrogen functional groups attached to an aromatic ring is 1. The molecule has 0 saturated heterocycles. The molecule has 0 unspecified atom stereocenters. The van der Waals surface area contributed by atoms with E-state index in [9.17, 15) is 0 Å². The first-order valence-electron chi connectivity index (χ1n) is 2.74. The number of benzene rings is 1. The Bertz CT molecular complexity index is 228. The number of hydrogen-bond acceptors (Lipinski definition) is 1. The Morgan fingerprint density at radius 2 is 2.25 bits per heavy atom. The maximum atomic E-state index is 5.57. The molecule has 0 atom stereocenters. The van der Waals surface area contributed by atoms with Gasteiger partial charge in [0.15, 0.2) is 0 Å². The molecule has 0 aliphatic heterocycles. The van der Waals surface area contributed by atoms with Crippen molar-refractivity contribution in [3.63, 3.8) is 0 Å². The van der Waals surface area contributed by atoms with Crippen LogP contribution in [0.5, 0.6) is 0 Å². The van der Waals surface area contributed by atoms with Crippen LogP contribution in [0.1, 0.15) is 11.1 Å². The van der Waals surface area contributed by atoms with Crippen molar-refractivity contribution in [2.24, 2.45) is 0 Å². The van der Waals surface area contributed by atoms with E-state index < -0.39 is 0 Å². The van der Waals surface area contributed by atoms with Gasteiger partial charge in [0.05, 0.1) is 0 Å². The van der Waals surface area contributed by atoms with Crippen LogP contribution in [0.2, 0.25) is 0 Å². The topological polar surface area (TPSA) is 26.0 Å². The van der Waals surface area contributed by atoms with Gasteiger partial charge in [0.25, 0.3) is 0 Å². The lowest BCUT2D eigenvalue weighted by atomic mass is 10.3. The molecule has 2 rings (SSSR count). The standard InChI is InChI=1S/C7H7N/c8-7-3-1-2-5-4-6(5)7/h1-3H,4,8H2. The third-order valence-electron chi connectivity index (χ3n) is 1.55. The van der Waals surface area contributed by atoms with E-state index in [1.54, 1.807) is 0 Å². The van der Waals surface area contributed by atoms with E-state index in [1.165, 1.54) is 11.1 Å². The summed E-state index contributed by atoms with van der Waals surface area (Å²) in [4.78, 5) is 0. The fraction of sp³-hybridized carbons (Fsp3) is 0.143. The molecule has 0 fully saturated rings. The fourth-order valence-corrected chi connectivity index (χ4v) is 0.962. The summed E-state index contributed by atoms with van der Waals surface area (Å²) in [5.74, 6) is 0. The number of fused-ring (bicyclic) bond motifs is 1. The van der Waals surface area contributed by atoms with E-state index in [4.69, 9.17) is 5.73 Å². The maximum absolute atomic E-state index is 5.57. The quantitative estimate of drug-likeness (QED) is 0.500. The summed E-state index contributed by atoms with van der Waals surface area (Å²) in [7, 11) is 0.